The summed E-state index contributed by atoms with van der Waals surface area (Å²) >= 11 is 0. The molecule has 1 aromatic carbocycles. The lowest BCUT2D eigenvalue weighted by molar-refractivity contribution is -0.183. The monoisotopic (exact) mass is 492 g/mol. The molecule has 3 atom stereocenters. The van der Waals surface area contributed by atoms with Gasteiger partial charge >= 0.3 is 0 Å². The highest BCUT2D eigenvalue weighted by atomic mass is 16.7. The van der Waals surface area contributed by atoms with Crippen LogP contribution in [-0.4, -0.2) is 65.0 Å². The lowest BCUT2D eigenvalue weighted by Crippen LogP contribution is -2.45. The van der Waals surface area contributed by atoms with Crippen molar-refractivity contribution in [2.24, 2.45) is 5.92 Å². The number of carbonyl (C=O) groups is 3. The van der Waals surface area contributed by atoms with Gasteiger partial charge in [0.05, 0.1) is 19.1 Å². The summed E-state index contributed by atoms with van der Waals surface area (Å²) in [6.07, 6.45) is 7.94. The average Bonchev–Trinajstić information content (AvgIpc) is 3.39. The standard InChI is InChI=1S/C27H32N4O5/c1-35-21-9-7-18(8-10-21)11-16-29-22(32)17-30-24(19-12-14-28-15-13-19)23-25(36-30)27(34)31(26(23)33)20-5-3-2-4-6-20/h7-10,12-15,20,23-25H,2-6,11,16-17H2,1H3,(H,29,32). The molecule has 2 saturated heterocycles. The number of ether oxygens (including phenoxy) is 1. The van der Waals surface area contributed by atoms with E-state index in [4.69, 9.17) is 9.57 Å². The normalized spacial score (nSPS) is 24.7. The Morgan fingerprint density at radius 1 is 1.06 bits per heavy atom. The number of methoxy groups -OCH3 is 1. The number of hydroxylamine groups is 2. The number of carbonyl (C=O) groups excluding carboxylic acids is 3. The van der Waals surface area contributed by atoms with Crippen molar-refractivity contribution >= 4 is 17.7 Å². The van der Waals surface area contributed by atoms with Crippen LogP contribution in [-0.2, 0) is 25.6 Å². The van der Waals surface area contributed by atoms with Crippen LogP contribution in [0.2, 0.25) is 0 Å². The lowest BCUT2D eigenvalue weighted by Gasteiger charge is -2.32. The number of nitrogens with one attached hydrogen (secondary N) is 1. The van der Waals surface area contributed by atoms with Crippen LogP contribution in [0.15, 0.2) is 48.8 Å². The van der Waals surface area contributed by atoms with E-state index in [0.717, 1.165) is 49.0 Å². The van der Waals surface area contributed by atoms with Gasteiger partial charge in [-0.15, -0.1) is 0 Å². The van der Waals surface area contributed by atoms with Gasteiger partial charge in [0.2, 0.25) is 11.8 Å². The Hall–Kier alpha value is -3.30. The number of fused-ring (bicyclic) bond motifs is 1. The van der Waals surface area contributed by atoms with Crippen molar-refractivity contribution in [1.82, 2.24) is 20.3 Å². The van der Waals surface area contributed by atoms with Gasteiger partial charge in [-0.25, -0.2) is 0 Å². The minimum atomic E-state index is -0.898. The molecule has 190 valence electrons. The minimum Gasteiger partial charge on any atom is -0.497 e. The van der Waals surface area contributed by atoms with Gasteiger partial charge in [-0.2, -0.15) is 5.06 Å². The number of rotatable bonds is 8. The van der Waals surface area contributed by atoms with Gasteiger partial charge in [0.1, 0.15) is 12.3 Å². The first-order chi connectivity index (χ1) is 17.6. The molecule has 2 aliphatic heterocycles. The molecule has 9 heteroatoms. The van der Waals surface area contributed by atoms with E-state index in [1.54, 1.807) is 19.5 Å². The molecule has 3 fully saturated rings. The highest BCUT2D eigenvalue weighted by molar-refractivity contribution is 6.07. The zero-order valence-electron chi connectivity index (χ0n) is 20.5. The Labute approximate surface area is 210 Å². The number of hydrogen-bond acceptors (Lipinski definition) is 7. The SMILES string of the molecule is COc1ccc(CCNC(=O)CN2OC3C(=O)N(C4CCCCC4)C(=O)C3C2c2ccncc2)cc1. The van der Waals surface area contributed by atoms with Gasteiger partial charge < -0.3 is 10.1 Å². The second-order valence-electron chi connectivity index (χ2n) is 9.64. The average molecular weight is 493 g/mol. The van der Waals surface area contributed by atoms with E-state index in [-0.39, 0.29) is 30.3 Å². The summed E-state index contributed by atoms with van der Waals surface area (Å²) in [7, 11) is 1.62. The fourth-order valence-electron chi connectivity index (χ4n) is 5.60. The number of pyridine rings is 1. The van der Waals surface area contributed by atoms with E-state index >= 15 is 0 Å². The highest BCUT2D eigenvalue weighted by Gasteiger charge is 2.60. The summed E-state index contributed by atoms with van der Waals surface area (Å²) in [4.78, 5) is 51.3. The second-order valence-corrected chi connectivity index (χ2v) is 9.64. The van der Waals surface area contributed by atoms with Crippen molar-refractivity contribution in [3.8, 4) is 5.75 Å². The molecule has 1 aromatic heterocycles. The molecule has 0 bridgehead atoms. The number of amides is 3. The van der Waals surface area contributed by atoms with Crippen molar-refractivity contribution in [2.45, 2.75) is 56.7 Å². The lowest BCUT2D eigenvalue weighted by atomic mass is 9.91. The van der Waals surface area contributed by atoms with E-state index in [2.05, 4.69) is 10.3 Å². The molecule has 2 aromatic rings. The van der Waals surface area contributed by atoms with Crippen molar-refractivity contribution < 1.29 is 24.0 Å². The second kappa shape index (κ2) is 10.8. The van der Waals surface area contributed by atoms with Crippen LogP contribution in [0.25, 0.3) is 0 Å². The van der Waals surface area contributed by atoms with Crippen LogP contribution in [0.1, 0.15) is 49.3 Å². The van der Waals surface area contributed by atoms with Crippen LogP contribution in [0.4, 0.5) is 0 Å². The summed E-state index contributed by atoms with van der Waals surface area (Å²) in [5.41, 5.74) is 1.88. The van der Waals surface area contributed by atoms with Crippen LogP contribution in [0.5, 0.6) is 5.75 Å². The van der Waals surface area contributed by atoms with Gasteiger partial charge in [0, 0.05) is 25.0 Å². The maximum atomic E-state index is 13.6. The third kappa shape index (κ3) is 4.85. The first kappa shape index (κ1) is 24.4. The van der Waals surface area contributed by atoms with Crippen LogP contribution < -0.4 is 10.1 Å². The summed E-state index contributed by atoms with van der Waals surface area (Å²) in [5, 5.41) is 4.42. The maximum absolute atomic E-state index is 13.6. The molecule has 1 aliphatic carbocycles. The van der Waals surface area contributed by atoms with Gasteiger partial charge in [0.25, 0.3) is 5.91 Å². The number of benzene rings is 1. The van der Waals surface area contributed by atoms with Gasteiger partial charge in [-0.3, -0.25) is 29.1 Å². The first-order valence-electron chi connectivity index (χ1n) is 12.7. The molecule has 3 amide bonds. The van der Waals surface area contributed by atoms with E-state index in [9.17, 15) is 14.4 Å². The van der Waals surface area contributed by atoms with Gasteiger partial charge in [0.15, 0.2) is 6.10 Å². The zero-order valence-corrected chi connectivity index (χ0v) is 20.5. The number of likely N-dealkylation sites (tertiary alicyclic amines) is 1. The Balaban J connectivity index is 1.26. The van der Waals surface area contributed by atoms with Crippen LogP contribution in [0, 0.1) is 5.92 Å². The number of nitrogens with zero attached hydrogens (tertiary/aromatic N) is 3. The smallest absolute Gasteiger partial charge is 0.261 e. The largest absolute Gasteiger partial charge is 0.497 e. The fourth-order valence-corrected chi connectivity index (χ4v) is 5.60. The summed E-state index contributed by atoms with van der Waals surface area (Å²) < 4.78 is 5.18. The summed E-state index contributed by atoms with van der Waals surface area (Å²) in [6, 6.07) is 10.7. The van der Waals surface area contributed by atoms with E-state index < -0.39 is 18.1 Å². The molecule has 1 N–H and O–H groups in total. The quantitative estimate of drug-likeness (QED) is 0.565. The molecule has 3 unspecified atom stereocenters. The van der Waals surface area contributed by atoms with Gasteiger partial charge in [-0.05, 0) is 54.7 Å². The Morgan fingerprint density at radius 2 is 1.78 bits per heavy atom. The van der Waals surface area contributed by atoms with Crippen LogP contribution in [0.3, 0.4) is 0 Å². The van der Waals surface area contributed by atoms with Crippen molar-refractivity contribution in [1.29, 1.82) is 0 Å². The Kier molecular flexibility index (Phi) is 7.29. The van der Waals surface area contributed by atoms with Crippen molar-refractivity contribution in [2.75, 3.05) is 20.2 Å². The Morgan fingerprint density at radius 3 is 2.47 bits per heavy atom. The molecule has 3 aliphatic rings. The third-order valence-electron chi connectivity index (χ3n) is 7.41. The Bertz CT molecular complexity index is 1090. The summed E-state index contributed by atoms with van der Waals surface area (Å²) in [5.74, 6) is -0.590. The number of imide groups is 1. The van der Waals surface area contributed by atoms with Crippen LogP contribution >= 0.6 is 0 Å². The minimum absolute atomic E-state index is 0.0549. The van der Waals surface area contributed by atoms with Gasteiger partial charge in [-0.1, -0.05) is 31.4 Å². The third-order valence-corrected chi connectivity index (χ3v) is 7.41. The number of hydrogen-bond donors (Lipinski definition) is 1. The van der Waals surface area contributed by atoms with E-state index in [1.165, 1.54) is 9.96 Å². The fraction of sp³-hybridized carbons (Fsp3) is 0.481. The maximum Gasteiger partial charge on any atom is 0.261 e. The van der Waals surface area contributed by atoms with E-state index in [0.29, 0.717) is 13.0 Å². The predicted octanol–water partition coefficient (Wildman–Crippen LogP) is 2.42. The molecule has 36 heavy (non-hydrogen) atoms. The van der Waals surface area contributed by atoms with E-state index in [1.807, 2.05) is 36.4 Å². The molecule has 5 rings (SSSR count). The molecule has 0 radical (unpaired) electrons. The molecular weight excluding hydrogens is 460 g/mol. The zero-order chi connectivity index (χ0) is 25.1. The molecule has 9 nitrogen and oxygen atoms in total. The molecular formula is C27H32N4O5. The molecule has 0 spiro atoms. The van der Waals surface area contributed by atoms with Crippen molar-refractivity contribution in [3.05, 3.63) is 59.9 Å². The highest BCUT2D eigenvalue weighted by Crippen LogP contribution is 2.45. The topological polar surface area (TPSA) is 101 Å². The molecule has 1 saturated carbocycles. The first-order valence-corrected chi connectivity index (χ1v) is 12.7. The molecule has 3 heterocycles. The number of aromatic nitrogens is 1. The summed E-state index contributed by atoms with van der Waals surface area (Å²) in [6.45, 7) is 0.381. The predicted molar refractivity (Wildman–Crippen MR) is 130 cm³/mol. The van der Waals surface area contributed by atoms with Crippen molar-refractivity contribution in [3.63, 3.8) is 0 Å².